The molecule has 1 heterocycles. The normalized spacial score (nSPS) is 10.5. The lowest BCUT2D eigenvalue weighted by Gasteiger charge is -2.14. The van der Waals surface area contributed by atoms with E-state index in [4.69, 9.17) is 14.2 Å². The lowest BCUT2D eigenvalue weighted by atomic mass is 10.0. The van der Waals surface area contributed by atoms with Crippen molar-refractivity contribution in [2.24, 2.45) is 0 Å². The minimum Gasteiger partial charge on any atom is -0.493 e. The van der Waals surface area contributed by atoms with Gasteiger partial charge in [-0.25, -0.2) is 0 Å². The smallest absolute Gasteiger partial charge is 0.203 e. The molecule has 0 fully saturated rings. The Morgan fingerprint density at radius 1 is 0.833 bits per heavy atom. The number of methoxy groups -OCH3 is 3. The first kappa shape index (κ1) is 15.9. The Morgan fingerprint density at radius 2 is 1.46 bits per heavy atom. The van der Waals surface area contributed by atoms with E-state index in [0.717, 1.165) is 22.4 Å². The van der Waals surface area contributed by atoms with Crippen molar-refractivity contribution < 1.29 is 14.2 Å². The van der Waals surface area contributed by atoms with E-state index in [2.05, 4.69) is 41.4 Å². The van der Waals surface area contributed by atoms with Gasteiger partial charge in [-0.15, -0.1) is 0 Å². The molecule has 24 heavy (non-hydrogen) atoms. The van der Waals surface area contributed by atoms with Gasteiger partial charge < -0.3 is 14.2 Å². The molecule has 0 atom stereocenters. The van der Waals surface area contributed by atoms with E-state index < -0.39 is 0 Å². The molecule has 3 rings (SSSR count). The van der Waals surface area contributed by atoms with Crippen molar-refractivity contribution in [2.75, 3.05) is 21.3 Å². The third kappa shape index (κ3) is 2.80. The van der Waals surface area contributed by atoms with E-state index in [1.807, 2.05) is 12.1 Å². The van der Waals surface area contributed by atoms with Crippen molar-refractivity contribution in [3.63, 3.8) is 0 Å². The Morgan fingerprint density at radius 3 is 2.00 bits per heavy atom. The molecule has 2 aromatic carbocycles. The summed E-state index contributed by atoms with van der Waals surface area (Å²) in [5.74, 6) is 1.80. The highest BCUT2D eigenvalue weighted by molar-refractivity contribution is 5.82. The average molecular weight is 324 g/mol. The number of rotatable bonds is 5. The van der Waals surface area contributed by atoms with Crippen LogP contribution in [0.25, 0.3) is 22.4 Å². The zero-order chi connectivity index (χ0) is 17.1. The van der Waals surface area contributed by atoms with Gasteiger partial charge >= 0.3 is 0 Å². The molecule has 1 N–H and O–H groups in total. The van der Waals surface area contributed by atoms with Crippen LogP contribution in [-0.4, -0.2) is 31.5 Å². The Labute approximate surface area is 141 Å². The van der Waals surface area contributed by atoms with Gasteiger partial charge in [-0.05, 0) is 24.6 Å². The number of hydrogen-bond donors (Lipinski definition) is 1. The Bertz CT molecular complexity index is 813. The topological polar surface area (TPSA) is 56.4 Å². The number of hydrogen-bond acceptors (Lipinski definition) is 4. The van der Waals surface area contributed by atoms with Crippen molar-refractivity contribution in [3.8, 4) is 39.6 Å². The summed E-state index contributed by atoms with van der Waals surface area (Å²) in [7, 11) is 4.81. The summed E-state index contributed by atoms with van der Waals surface area (Å²) < 4.78 is 16.3. The fourth-order valence-electron chi connectivity index (χ4n) is 2.68. The van der Waals surface area contributed by atoms with Crippen molar-refractivity contribution in [3.05, 3.63) is 48.2 Å². The number of H-pyrrole nitrogens is 1. The van der Waals surface area contributed by atoms with Gasteiger partial charge in [0.15, 0.2) is 11.5 Å². The van der Waals surface area contributed by atoms with Gasteiger partial charge in [0.25, 0.3) is 0 Å². The predicted octanol–water partition coefficient (Wildman–Crippen LogP) is 4.08. The van der Waals surface area contributed by atoms with Crippen LogP contribution in [0.15, 0.2) is 42.6 Å². The first-order valence-corrected chi connectivity index (χ1v) is 7.58. The van der Waals surface area contributed by atoms with Crippen molar-refractivity contribution in [1.82, 2.24) is 10.2 Å². The lowest BCUT2D eigenvalue weighted by molar-refractivity contribution is 0.324. The van der Waals surface area contributed by atoms with E-state index in [9.17, 15) is 0 Å². The summed E-state index contributed by atoms with van der Waals surface area (Å²) in [4.78, 5) is 0. The van der Waals surface area contributed by atoms with Crippen molar-refractivity contribution >= 4 is 0 Å². The maximum absolute atomic E-state index is 5.44. The second-order valence-corrected chi connectivity index (χ2v) is 5.44. The molecule has 0 saturated carbocycles. The van der Waals surface area contributed by atoms with E-state index >= 15 is 0 Å². The maximum atomic E-state index is 5.44. The van der Waals surface area contributed by atoms with Crippen molar-refractivity contribution in [2.45, 2.75) is 6.92 Å². The molecule has 0 radical (unpaired) electrons. The molecule has 0 aliphatic carbocycles. The van der Waals surface area contributed by atoms with E-state index in [1.165, 1.54) is 5.56 Å². The van der Waals surface area contributed by atoms with Gasteiger partial charge in [-0.3, -0.25) is 5.10 Å². The minimum atomic E-state index is 0.573. The second-order valence-electron chi connectivity index (χ2n) is 5.44. The molecule has 1 aromatic heterocycles. The van der Waals surface area contributed by atoms with E-state index in [-0.39, 0.29) is 0 Å². The van der Waals surface area contributed by atoms with Crippen LogP contribution in [0.4, 0.5) is 0 Å². The van der Waals surface area contributed by atoms with Gasteiger partial charge in [-0.2, -0.15) is 5.10 Å². The van der Waals surface area contributed by atoms with Crippen LogP contribution < -0.4 is 14.2 Å². The van der Waals surface area contributed by atoms with E-state index in [0.29, 0.717) is 17.2 Å². The van der Waals surface area contributed by atoms with Gasteiger partial charge in [0, 0.05) is 11.1 Å². The summed E-state index contributed by atoms with van der Waals surface area (Å²) in [5, 5.41) is 7.29. The fraction of sp³-hybridized carbons (Fsp3) is 0.211. The summed E-state index contributed by atoms with van der Waals surface area (Å²) in [5.41, 5.74) is 5.14. The molecule has 0 amide bonds. The van der Waals surface area contributed by atoms with Crippen LogP contribution in [0.5, 0.6) is 17.2 Å². The number of nitrogens with one attached hydrogen (secondary N) is 1. The first-order chi connectivity index (χ1) is 11.7. The Kier molecular flexibility index (Phi) is 4.42. The van der Waals surface area contributed by atoms with Gasteiger partial charge in [0.1, 0.15) is 0 Å². The molecule has 0 aliphatic rings. The predicted molar refractivity (Wildman–Crippen MR) is 93.9 cm³/mol. The van der Waals surface area contributed by atoms with Crippen LogP contribution in [-0.2, 0) is 0 Å². The summed E-state index contributed by atoms with van der Waals surface area (Å²) >= 11 is 0. The second kappa shape index (κ2) is 6.66. The number of ether oxygens (including phenoxy) is 3. The molecule has 0 bridgehead atoms. The molecule has 124 valence electrons. The SMILES string of the molecule is COc1cc(-c2cn[nH]c2-c2ccc(C)cc2)cc(OC)c1OC. The van der Waals surface area contributed by atoms with Crippen LogP contribution >= 0.6 is 0 Å². The first-order valence-electron chi connectivity index (χ1n) is 7.58. The van der Waals surface area contributed by atoms with Crippen LogP contribution in [0, 0.1) is 6.92 Å². The standard InChI is InChI=1S/C19H20N2O3/c1-12-5-7-13(8-6-12)18-15(11-20-21-18)14-9-16(22-2)19(24-4)17(10-14)23-3/h5-11H,1-4H3,(H,20,21). The largest absolute Gasteiger partial charge is 0.493 e. The molecule has 5 heteroatoms. The monoisotopic (exact) mass is 324 g/mol. The number of benzene rings is 2. The molecule has 5 nitrogen and oxygen atoms in total. The highest BCUT2D eigenvalue weighted by atomic mass is 16.5. The number of aromatic nitrogens is 2. The molecular formula is C19H20N2O3. The molecule has 0 aliphatic heterocycles. The fourth-order valence-corrected chi connectivity index (χ4v) is 2.68. The quantitative estimate of drug-likeness (QED) is 0.768. The van der Waals surface area contributed by atoms with Crippen LogP contribution in [0.3, 0.4) is 0 Å². The third-order valence-electron chi connectivity index (χ3n) is 3.96. The number of nitrogens with zero attached hydrogens (tertiary/aromatic N) is 1. The van der Waals surface area contributed by atoms with Crippen molar-refractivity contribution in [1.29, 1.82) is 0 Å². The molecular weight excluding hydrogens is 304 g/mol. The maximum Gasteiger partial charge on any atom is 0.203 e. The number of aromatic amines is 1. The number of aryl methyl sites for hydroxylation is 1. The molecule has 0 saturated heterocycles. The third-order valence-corrected chi connectivity index (χ3v) is 3.96. The van der Waals surface area contributed by atoms with Gasteiger partial charge in [0.2, 0.25) is 5.75 Å². The summed E-state index contributed by atoms with van der Waals surface area (Å²) in [6.07, 6.45) is 1.80. The van der Waals surface area contributed by atoms with Crippen LogP contribution in [0.1, 0.15) is 5.56 Å². The summed E-state index contributed by atoms with van der Waals surface area (Å²) in [6, 6.07) is 12.1. The van der Waals surface area contributed by atoms with Gasteiger partial charge in [-0.1, -0.05) is 29.8 Å². The molecule has 3 aromatic rings. The van der Waals surface area contributed by atoms with Crippen LogP contribution in [0.2, 0.25) is 0 Å². The van der Waals surface area contributed by atoms with Gasteiger partial charge in [0.05, 0.1) is 33.2 Å². The lowest BCUT2D eigenvalue weighted by Crippen LogP contribution is -1.95. The molecule has 0 spiro atoms. The Hall–Kier alpha value is -2.95. The summed E-state index contributed by atoms with van der Waals surface area (Å²) in [6.45, 7) is 2.07. The minimum absolute atomic E-state index is 0.573. The zero-order valence-electron chi connectivity index (χ0n) is 14.2. The average Bonchev–Trinajstić information content (AvgIpc) is 3.10. The molecule has 0 unspecified atom stereocenters. The highest BCUT2D eigenvalue weighted by Crippen LogP contribution is 2.42. The van der Waals surface area contributed by atoms with E-state index in [1.54, 1.807) is 27.5 Å². The highest BCUT2D eigenvalue weighted by Gasteiger charge is 2.17. The Balaban J connectivity index is 2.14. The zero-order valence-corrected chi connectivity index (χ0v) is 14.2.